The number of nitrogens with zero attached hydrogens (tertiary/aromatic N) is 1. The molecule has 6 nitrogen and oxygen atoms in total. The van der Waals surface area contributed by atoms with Gasteiger partial charge in [0.15, 0.2) is 0 Å². The standard InChI is InChI=1S/C13H13NO5/c15-7-9(16)8-19-13-6-5-12(14(17)18)10-3-1-2-4-11(10)13/h1-6,9,15-16H,7-8H2. The average Bonchev–Trinajstić information content (AvgIpc) is 2.43. The van der Waals surface area contributed by atoms with Crippen molar-refractivity contribution in [2.45, 2.75) is 6.10 Å². The molecule has 0 bridgehead atoms. The summed E-state index contributed by atoms with van der Waals surface area (Å²) in [5.41, 5.74) is 0.00524. The van der Waals surface area contributed by atoms with Crippen LogP contribution in [0.2, 0.25) is 0 Å². The molecule has 1 unspecified atom stereocenters. The Hall–Kier alpha value is -2.18. The lowest BCUT2D eigenvalue weighted by Crippen LogP contribution is -2.21. The molecule has 0 amide bonds. The molecule has 0 saturated carbocycles. The van der Waals surface area contributed by atoms with Gasteiger partial charge >= 0.3 is 0 Å². The number of hydrogen-bond donors (Lipinski definition) is 2. The van der Waals surface area contributed by atoms with Gasteiger partial charge in [0.1, 0.15) is 18.5 Å². The molecule has 2 N–H and O–H groups in total. The lowest BCUT2D eigenvalue weighted by atomic mass is 10.1. The molecule has 6 heteroatoms. The predicted octanol–water partition coefficient (Wildman–Crippen LogP) is 1.48. The predicted molar refractivity (Wildman–Crippen MR) is 69.2 cm³/mol. The Bertz CT molecular complexity index is 599. The van der Waals surface area contributed by atoms with Crippen molar-refractivity contribution in [3.05, 3.63) is 46.5 Å². The minimum atomic E-state index is -0.978. The molecule has 2 aromatic carbocycles. The summed E-state index contributed by atoms with van der Waals surface area (Å²) in [5, 5.41) is 30.0. The van der Waals surface area contributed by atoms with Gasteiger partial charge in [-0.05, 0) is 12.1 Å². The highest BCUT2D eigenvalue weighted by Gasteiger charge is 2.15. The largest absolute Gasteiger partial charge is 0.490 e. The summed E-state index contributed by atoms with van der Waals surface area (Å²) in [7, 11) is 0. The lowest BCUT2D eigenvalue weighted by molar-refractivity contribution is -0.383. The SMILES string of the molecule is O=[N+]([O-])c1ccc(OCC(O)CO)c2ccccc12. The molecule has 100 valence electrons. The maximum absolute atomic E-state index is 10.9. The second-order valence-electron chi connectivity index (χ2n) is 4.03. The Labute approximate surface area is 109 Å². The summed E-state index contributed by atoms with van der Waals surface area (Å²) in [6.45, 7) is -0.469. The van der Waals surface area contributed by atoms with Crippen molar-refractivity contribution in [2.75, 3.05) is 13.2 Å². The van der Waals surface area contributed by atoms with Crippen LogP contribution in [0.4, 0.5) is 5.69 Å². The first-order chi connectivity index (χ1) is 9.13. The smallest absolute Gasteiger partial charge is 0.277 e. The van der Waals surface area contributed by atoms with Gasteiger partial charge in [-0.15, -0.1) is 0 Å². The third-order valence-electron chi connectivity index (χ3n) is 2.70. The Morgan fingerprint density at radius 1 is 1.21 bits per heavy atom. The molecular weight excluding hydrogens is 250 g/mol. The molecule has 0 aliphatic carbocycles. The normalized spacial score (nSPS) is 12.3. The van der Waals surface area contributed by atoms with E-state index in [1.54, 1.807) is 24.3 Å². The number of hydrogen-bond acceptors (Lipinski definition) is 5. The van der Waals surface area contributed by atoms with Crippen LogP contribution in [0.3, 0.4) is 0 Å². The van der Waals surface area contributed by atoms with E-state index in [-0.39, 0.29) is 12.3 Å². The van der Waals surface area contributed by atoms with E-state index >= 15 is 0 Å². The first-order valence-electron chi connectivity index (χ1n) is 5.71. The first-order valence-corrected chi connectivity index (χ1v) is 5.71. The van der Waals surface area contributed by atoms with E-state index in [4.69, 9.17) is 9.84 Å². The third-order valence-corrected chi connectivity index (χ3v) is 2.70. The van der Waals surface area contributed by atoms with Gasteiger partial charge in [-0.1, -0.05) is 18.2 Å². The van der Waals surface area contributed by atoms with Gasteiger partial charge in [0, 0.05) is 11.5 Å². The van der Waals surface area contributed by atoms with Crippen LogP contribution >= 0.6 is 0 Å². The zero-order valence-corrected chi connectivity index (χ0v) is 10.0. The van der Waals surface area contributed by atoms with Crippen molar-refractivity contribution in [3.63, 3.8) is 0 Å². The lowest BCUT2D eigenvalue weighted by Gasteiger charge is -2.12. The minimum Gasteiger partial charge on any atom is -0.490 e. The molecule has 1 atom stereocenters. The van der Waals surface area contributed by atoms with Crippen molar-refractivity contribution in [3.8, 4) is 5.75 Å². The highest BCUT2D eigenvalue weighted by atomic mass is 16.6. The van der Waals surface area contributed by atoms with Crippen molar-refractivity contribution < 1.29 is 19.9 Å². The first kappa shape index (κ1) is 13.3. The van der Waals surface area contributed by atoms with Crippen molar-refractivity contribution in [1.82, 2.24) is 0 Å². The average molecular weight is 263 g/mol. The molecule has 0 saturated heterocycles. The summed E-state index contributed by atoms with van der Waals surface area (Å²) in [6.07, 6.45) is -0.978. The number of fused-ring (bicyclic) bond motifs is 1. The highest BCUT2D eigenvalue weighted by molar-refractivity contribution is 5.95. The molecule has 0 heterocycles. The quantitative estimate of drug-likeness (QED) is 0.629. The van der Waals surface area contributed by atoms with Crippen LogP contribution in [-0.4, -0.2) is 34.5 Å². The van der Waals surface area contributed by atoms with Crippen LogP contribution in [0.5, 0.6) is 5.75 Å². The fourth-order valence-electron chi connectivity index (χ4n) is 1.78. The van der Waals surface area contributed by atoms with Gasteiger partial charge < -0.3 is 14.9 Å². The Morgan fingerprint density at radius 2 is 1.89 bits per heavy atom. The fraction of sp³-hybridized carbons (Fsp3) is 0.231. The van der Waals surface area contributed by atoms with Gasteiger partial charge in [-0.3, -0.25) is 10.1 Å². The molecule has 0 aliphatic heterocycles. The van der Waals surface area contributed by atoms with Gasteiger partial charge in [-0.2, -0.15) is 0 Å². The van der Waals surface area contributed by atoms with Crippen molar-refractivity contribution >= 4 is 16.5 Å². The Balaban J connectivity index is 2.41. The Kier molecular flexibility index (Phi) is 3.94. The number of non-ortho nitro benzene ring substituents is 1. The summed E-state index contributed by atoms with van der Waals surface area (Å²) in [6, 6.07) is 9.67. The summed E-state index contributed by atoms with van der Waals surface area (Å²) >= 11 is 0. The zero-order chi connectivity index (χ0) is 13.8. The van der Waals surface area contributed by atoms with Crippen LogP contribution < -0.4 is 4.74 Å². The fourth-order valence-corrected chi connectivity index (χ4v) is 1.78. The zero-order valence-electron chi connectivity index (χ0n) is 10.0. The van der Waals surface area contributed by atoms with E-state index in [9.17, 15) is 15.2 Å². The molecular formula is C13H13NO5. The summed E-state index contributed by atoms with van der Waals surface area (Å²) in [5.74, 6) is 0.439. The second-order valence-corrected chi connectivity index (χ2v) is 4.03. The summed E-state index contributed by atoms with van der Waals surface area (Å²) in [4.78, 5) is 10.5. The molecule has 19 heavy (non-hydrogen) atoms. The van der Waals surface area contributed by atoms with E-state index < -0.39 is 17.6 Å². The number of ether oxygens (including phenoxy) is 1. The van der Waals surface area contributed by atoms with E-state index in [0.717, 1.165) is 0 Å². The number of benzene rings is 2. The van der Waals surface area contributed by atoms with E-state index in [2.05, 4.69) is 0 Å². The minimum absolute atomic E-state index is 0.00524. The monoisotopic (exact) mass is 263 g/mol. The molecule has 0 spiro atoms. The highest BCUT2D eigenvalue weighted by Crippen LogP contribution is 2.32. The van der Waals surface area contributed by atoms with Gasteiger partial charge in [0.2, 0.25) is 0 Å². The molecule has 0 aromatic heterocycles. The number of aliphatic hydroxyl groups is 2. The van der Waals surface area contributed by atoms with E-state index in [0.29, 0.717) is 16.5 Å². The van der Waals surface area contributed by atoms with Gasteiger partial charge in [0.05, 0.1) is 16.9 Å². The van der Waals surface area contributed by atoms with E-state index in [1.807, 2.05) is 0 Å². The van der Waals surface area contributed by atoms with Gasteiger partial charge in [0.25, 0.3) is 5.69 Å². The maximum atomic E-state index is 10.9. The van der Waals surface area contributed by atoms with Crippen LogP contribution in [0, 0.1) is 10.1 Å². The van der Waals surface area contributed by atoms with Gasteiger partial charge in [-0.25, -0.2) is 0 Å². The van der Waals surface area contributed by atoms with Crippen molar-refractivity contribution in [1.29, 1.82) is 0 Å². The van der Waals surface area contributed by atoms with Crippen LogP contribution in [0.15, 0.2) is 36.4 Å². The number of aliphatic hydroxyl groups excluding tert-OH is 2. The molecule has 0 fully saturated rings. The maximum Gasteiger partial charge on any atom is 0.277 e. The number of nitro benzene ring substituents is 1. The summed E-state index contributed by atoms with van der Waals surface area (Å²) < 4.78 is 5.37. The van der Waals surface area contributed by atoms with Crippen LogP contribution in [0.25, 0.3) is 10.8 Å². The number of nitro groups is 1. The third kappa shape index (κ3) is 2.81. The molecule has 2 rings (SSSR count). The number of rotatable bonds is 5. The molecule has 0 aliphatic rings. The molecule has 0 radical (unpaired) electrons. The topological polar surface area (TPSA) is 92.8 Å². The Morgan fingerprint density at radius 3 is 2.53 bits per heavy atom. The van der Waals surface area contributed by atoms with Crippen LogP contribution in [-0.2, 0) is 0 Å². The second kappa shape index (κ2) is 5.64. The van der Waals surface area contributed by atoms with E-state index in [1.165, 1.54) is 12.1 Å². The van der Waals surface area contributed by atoms with Crippen LogP contribution in [0.1, 0.15) is 0 Å². The molecule has 2 aromatic rings. The van der Waals surface area contributed by atoms with Crippen molar-refractivity contribution in [2.24, 2.45) is 0 Å².